The van der Waals surface area contributed by atoms with Gasteiger partial charge in [-0.3, -0.25) is 9.59 Å². The second kappa shape index (κ2) is 2.76. The first-order chi connectivity index (χ1) is 7.27. The van der Waals surface area contributed by atoms with E-state index in [1.807, 2.05) is 36.4 Å². The molecular weight excluding hydrogens is 188 g/mol. The second-order valence-corrected chi connectivity index (χ2v) is 3.75. The number of Topliss-reactive ketones (excluding diaryl/α,β-unsaturated/α-hetero) is 2. The van der Waals surface area contributed by atoms with E-state index in [4.69, 9.17) is 0 Å². The fourth-order valence-corrected chi connectivity index (χ4v) is 2.12. The molecule has 0 aliphatic heterocycles. The number of carbonyl (C=O) groups excluding carboxylic acids is 2. The van der Waals surface area contributed by atoms with Gasteiger partial charge in [0.1, 0.15) is 0 Å². The minimum atomic E-state index is -0.332. The Labute approximate surface area is 86.5 Å². The smallest absolute Gasteiger partial charge is 0.229 e. The summed E-state index contributed by atoms with van der Waals surface area (Å²) in [7, 11) is 0. The number of rotatable bonds is 0. The maximum absolute atomic E-state index is 11.7. The van der Waals surface area contributed by atoms with Crippen LogP contribution in [0.15, 0.2) is 36.4 Å². The zero-order valence-electron chi connectivity index (χ0n) is 7.99. The van der Waals surface area contributed by atoms with E-state index in [2.05, 4.69) is 0 Å². The minimum Gasteiger partial charge on any atom is -0.290 e. The predicted octanol–water partition coefficient (Wildman–Crippen LogP) is 2.15. The highest BCUT2D eigenvalue weighted by Gasteiger charge is 2.29. The average molecular weight is 196 g/mol. The number of ketones is 2. The normalized spacial score (nSPS) is 14.7. The van der Waals surface area contributed by atoms with Crippen LogP contribution in [0.5, 0.6) is 0 Å². The van der Waals surface area contributed by atoms with Gasteiger partial charge in [0.2, 0.25) is 11.6 Å². The van der Waals surface area contributed by atoms with Gasteiger partial charge in [0.25, 0.3) is 0 Å². The maximum Gasteiger partial charge on any atom is 0.229 e. The molecule has 0 atom stereocenters. The lowest BCUT2D eigenvalue weighted by molar-refractivity contribution is -0.114. The van der Waals surface area contributed by atoms with Gasteiger partial charge in [-0.25, -0.2) is 0 Å². The largest absolute Gasteiger partial charge is 0.290 e. The number of hydrogen-bond donors (Lipinski definition) is 0. The van der Waals surface area contributed by atoms with Crippen LogP contribution in [0, 0.1) is 0 Å². The van der Waals surface area contributed by atoms with Crippen LogP contribution in [0.4, 0.5) is 0 Å². The number of benzene rings is 2. The molecule has 0 saturated carbocycles. The van der Waals surface area contributed by atoms with E-state index >= 15 is 0 Å². The highest BCUT2D eigenvalue weighted by atomic mass is 16.2. The quantitative estimate of drug-likeness (QED) is 0.605. The molecule has 0 bridgehead atoms. The van der Waals surface area contributed by atoms with Crippen LogP contribution < -0.4 is 0 Å². The predicted molar refractivity (Wildman–Crippen MR) is 57.0 cm³/mol. The molecule has 2 nitrogen and oxygen atoms in total. The molecule has 0 heterocycles. The monoisotopic (exact) mass is 196 g/mol. The van der Waals surface area contributed by atoms with E-state index in [-0.39, 0.29) is 18.0 Å². The molecule has 2 aromatic rings. The number of hydrogen-bond acceptors (Lipinski definition) is 2. The third-order valence-electron chi connectivity index (χ3n) is 2.85. The van der Waals surface area contributed by atoms with Gasteiger partial charge in [-0.05, 0) is 16.3 Å². The van der Waals surface area contributed by atoms with Crippen molar-refractivity contribution in [1.82, 2.24) is 0 Å². The molecule has 0 radical (unpaired) electrons. The SMILES string of the molecule is O=C1Cc2ccc3ccccc3c2C1=O. The van der Waals surface area contributed by atoms with Crippen LogP contribution in [-0.4, -0.2) is 11.6 Å². The molecule has 1 aliphatic carbocycles. The van der Waals surface area contributed by atoms with Crippen LogP contribution in [0.2, 0.25) is 0 Å². The number of carbonyl (C=O) groups is 2. The zero-order valence-corrected chi connectivity index (χ0v) is 7.99. The molecule has 0 N–H and O–H groups in total. The van der Waals surface area contributed by atoms with E-state index in [0.717, 1.165) is 16.3 Å². The Morgan fingerprint density at radius 1 is 0.933 bits per heavy atom. The molecule has 72 valence electrons. The first-order valence-electron chi connectivity index (χ1n) is 4.85. The highest BCUT2D eigenvalue weighted by Crippen LogP contribution is 2.28. The van der Waals surface area contributed by atoms with Crippen LogP contribution >= 0.6 is 0 Å². The van der Waals surface area contributed by atoms with Crippen molar-refractivity contribution in [3.05, 3.63) is 47.5 Å². The van der Waals surface area contributed by atoms with Crippen molar-refractivity contribution in [3.8, 4) is 0 Å². The van der Waals surface area contributed by atoms with Gasteiger partial charge in [0.15, 0.2) is 0 Å². The first-order valence-corrected chi connectivity index (χ1v) is 4.85. The fraction of sp³-hybridized carbons (Fsp3) is 0.0769. The summed E-state index contributed by atoms with van der Waals surface area (Å²) in [5.41, 5.74) is 1.47. The Bertz CT molecular complexity index is 597. The fourth-order valence-electron chi connectivity index (χ4n) is 2.12. The standard InChI is InChI=1S/C13H8O2/c14-11-7-9-6-5-8-3-1-2-4-10(8)12(9)13(11)15/h1-6H,7H2. The van der Waals surface area contributed by atoms with E-state index < -0.39 is 0 Å². The molecule has 0 aromatic heterocycles. The summed E-state index contributed by atoms with van der Waals surface area (Å²) in [5.74, 6) is -0.622. The Morgan fingerprint density at radius 3 is 2.60 bits per heavy atom. The molecule has 0 spiro atoms. The molecule has 3 rings (SSSR count). The van der Waals surface area contributed by atoms with Gasteiger partial charge in [-0.15, -0.1) is 0 Å². The Hall–Kier alpha value is -1.96. The van der Waals surface area contributed by atoms with Gasteiger partial charge < -0.3 is 0 Å². The Balaban J connectivity index is 2.45. The summed E-state index contributed by atoms with van der Waals surface area (Å²) in [5, 5.41) is 1.91. The molecule has 1 aliphatic rings. The van der Waals surface area contributed by atoms with Crippen molar-refractivity contribution in [2.75, 3.05) is 0 Å². The van der Waals surface area contributed by atoms with Gasteiger partial charge in [-0.2, -0.15) is 0 Å². The molecule has 0 unspecified atom stereocenters. The van der Waals surface area contributed by atoms with Crippen molar-refractivity contribution in [3.63, 3.8) is 0 Å². The zero-order chi connectivity index (χ0) is 10.4. The van der Waals surface area contributed by atoms with Crippen LogP contribution in [0.25, 0.3) is 10.8 Å². The summed E-state index contributed by atoms with van der Waals surface area (Å²) < 4.78 is 0. The van der Waals surface area contributed by atoms with Gasteiger partial charge >= 0.3 is 0 Å². The summed E-state index contributed by atoms with van der Waals surface area (Å²) in [4.78, 5) is 23.0. The minimum absolute atomic E-state index is 0.263. The van der Waals surface area contributed by atoms with Gasteiger partial charge in [0, 0.05) is 12.0 Å². The summed E-state index contributed by atoms with van der Waals surface area (Å²) in [6.45, 7) is 0. The van der Waals surface area contributed by atoms with Gasteiger partial charge in [0.05, 0.1) is 0 Å². The summed E-state index contributed by atoms with van der Waals surface area (Å²) >= 11 is 0. The van der Waals surface area contributed by atoms with E-state index in [1.54, 1.807) is 0 Å². The van der Waals surface area contributed by atoms with E-state index in [9.17, 15) is 9.59 Å². The summed E-state index contributed by atoms with van der Waals surface area (Å²) in [6, 6.07) is 11.5. The van der Waals surface area contributed by atoms with Crippen molar-refractivity contribution in [1.29, 1.82) is 0 Å². The highest BCUT2D eigenvalue weighted by molar-refractivity contribution is 6.49. The van der Waals surface area contributed by atoms with Crippen molar-refractivity contribution in [2.45, 2.75) is 6.42 Å². The topological polar surface area (TPSA) is 34.1 Å². The molecular formula is C13H8O2. The lowest BCUT2D eigenvalue weighted by atomic mass is 10.0. The van der Waals surface area contributed by atoms with Crippen LogP contribution in [-0.2, 0) is 11.2 Å². The average Bonchev–Trinajstić information content (AvgIpc) is 2.55. The van der Waals surface area contributed by atoms with E-state index in [0.29, 0.717) is 5.56 Å². The molecule has 2 heteroatoms. The van der Waals surface area contributed by atoms with Crippen LogP contribution in [0.3, 0.4) is 0 Å². The third-order valence-corrected chi connectivity index (χ3v) is 2.85. The van der Waals surface area contributed by atoms with Crippen LogP contribution in [0.1, 0.15) is 15.9 Å². The molecule has 2 aromatic carbocycles. The lowest BCUT2D eigenvalue weighted by Gasteiger charge is -2.02. The molecule has 0 saturated heterocycles. The van der Waals surface area contributed by atoms with Crippen molar-refractivity contribution >= 4 is 22.3 Å². The molecule has 15 heavy (non-hydrogen) atoms. The Morgan fingerprint density at radius 2 is 1.73 bits per heavy atom. The Kier molecular flexibility index (Phi) is 1.54. The van der Waals surface area contributed by atoms with Crippen molar-refractivity contribution < 1.29 is 9.59 Å². The summed E-state index contributed by atoms with van der Waals surface area (Å²) in [6.07, 6.45) is 0.263. The lowest BCUT2D eigenvalue weighted by Crippen LogP contribution is -2.06. The third kappa shape index (κ3) is 1.05. The molecule has 0 fully saturated rings. The van der Waals surface area contributed by atoms with E-state index in [1.165, 1.54) is 0 Å². The first kappa shape index (κ1) is 8.36. The van der Waals surface area contributed by atoms with Gasteiger partial charge in [-0.1, -0.05) is 36.4 Å². The molecule has 0 amide bonds. The number of fused-ring (bicyclic) bond motifs is 3. The second-order valence-electron chi connectivity index (χ2n) is 3.75. The maximum atomic E-state index is 11.7. The van der Waals surface area contributed by atoms with Crippen molar-refractivity contribution in [2.24, 2.45) is 0 Å².